The van der Waals surface area contributed by atoms with Crippen molar-refractivity contribution >= 4 is 11.9 Å². The number of nitrogens with zero attached hydrogens (tertiary/aromatic N) is 3. The second-order valence-electron chi connectivity index (χ2n) is 5.57. The lowest BCUT2D eigenvalue weighted by Crippen LogP contribution is -2.56. The van der Waals surface area contributed by atoms with Crippen molar-refractivity contribution in [1.29, 1.82) is 0 Å². The molecule has 0 aromatic carbocycles. The van der Waals surface area contributed by atoms with Crippen molar-refractivity contribution in [3.63, 3.8) is 0 Å². The zero-order valence-electron chi connectivity index (χ0n) is 13.3. The van der Waals surface area contributed by atoms with Gasteiger partial charge in [-0.15, -0.1) is 0 Å². The van der Waals surface area contributed by atoms with E-state index in [1.807, 2.05) is 0 Å². The predicted octanol–water partition coefficient (Wildman–Crippen LogP) is 1.63. The summed E-state index contributed by atoms with van der Waals surface area (Å²) < 4.78 is 45.4. The highest BCUT2D eigenvalue weighted by atomic mass is 19.4. The van der Waals surface area contributed by atoms with Gasteiger partial charge in [0, 0.05) is 26.4 Å². The molecule has 1 atom stereocenters. The maximum atomic E-state index is 13.2. The molecule has 1 fully saturated rings. The molecule has 1 amide bonds. The molecule has 1 unspecified atom stereocenters. The van der Waals surface area contributed by atoms with E-state index in [9.17, 15) is 27.9 Å². The molecule has 1 N–H and O–H groups in total. The average molecular weight is 349 g/mol. The minimum absolute atomic E-state index is 0.0447. The molecule has 1 aliphatic rings. The lowest BCUT2D eigenvalue weighted by atomic mass is 9.96. The van der Waals surface area contributed by atoms with Crippen LogP contribution in [-0.2, 0) is 22.3 Å². The number of alkyl halides is 3. The smallest absolute Gasteiger partial charge is 0.435 e. The van der Waals surface area contributed by atoms with Gasteiger partial charge < -0.3 is 14.7 Å². The average Bonchev–Trinajstić information content (AvgIpc) is 3.11. The highest BCUT2D eigenvalue weighted by Gasteiger charge is 2.52. The number of rotatable bonds is 5. The Morgan fingerprint density at radius 1 is 1.46 bits per heavy atom. The molecule has 0 bridgehead atoms. The van der Waals surface area contributed by atoms with Crippen LogP contribution in [0.3, 0.4) is 0 Å². The van der Waals surface area contributed by atoms with Crippen molar-refractivity contribution in [3.05, 3.63) is 17.5 Å². The van der Waals surface area contributed by atoms with E-state index < -0.39 is 34.8 Å². The predicted molar refractivity (Wildman–Crippen MR) is 75.4 cm³/mol. The van der Waals surface area contributed by atoms with Gasteiger partial charge >= 0.3 is 12.1 Å². The summed E-state index contributed by atoms with van der Waals surface area (Å²) in [6.45, 7) is 1.49. The largest absolute Gasteiger partial charge is 0.479 e. The first kappa shape index (κ1) is 18.2. The van der Waals surface area contributed by atoms with Crippen molar-refractivity contribution in [3.8, 4) is 0 Å². The second-order valence-corrected chi connectivity index (χ2v) is 5.57. The fourth-order valence-corrected chi connectivity index (χ4v) is 2.94. The molecule has 0 radical (unpaired) electrons. The van der Waals surface area contributed by atoms with Crippen LogP contribution in [0.15, 0.2) is 6.20 Å². The van der Waals surface area contributed by atoms with E-state index in [-0.39, 0.29) is 26.1 Å². The van der Waals surface area contributed by atoms with Crippen LogP contribution >= 0.6 is 0 Å². The van der Waals surface area contributed by atoms with E-state index in [0.717, 1.165) is 15.8 Å². The molecular formula is C14H18F3N3O4. The van der Waals surface area contributed by atoms with E-state index in [1.165, 1.54) is 7.11 Å². The number of aryl methyl sites for hydroxylation is 1. The normalized spacial score (nSPS) is 21.3. The van der Waals surface area contributed by atoms with Crippen molar-refractivity contribution in [2.24, 2.45) is 0 Å². The van der Waals surface area contributed by atoms with Gasteiger partial charge in [-0.2, -0.15) is 18.3 Å². The molecule has 1 aromatic heterocycles. The van der Waals surface area contributed by atoms with Gasteiger partial charge in [0.1, 0.15) is 0 Å². The molecule has 7 nitrogen and oxygen atoms in total. The third-order valence-corrected chi connectivity index (χ3v) is 4.10. The third kappa shape index (κ3) is 2.97. The van der Waals surface area contributed by atoms with Crippen LogP contribution in [0.25, 0.3) is 0 Å². The number of aliphatic carboxylic acids is 1. The fraction of sp³-hybridized carbons (Fsp3) is 0.643. The number of carbonyl (C=O) groups excluding carboxylic acids is 1. The molecule has 0 saturated carbocycles. The number of methoxy groups -OCH3 is 1. The summed E-state index contributed by atoms with van der Waals surface area (Å²) in [5.41, 5.74) is -3.62. The van der Waals surface area contributed by atoms with Crippen LogP contribution in [0.4, 0.5) is 13.2 Å². The molecule has 24 heavy (non-hydrogen) atoms. The standard InChI is InChI=1S/C14H18F3N3O4/c1-3-19-7-9(10(18-19)14(15,16)17)11(21)20-6-4-5-13(20,8-24-2)12(22)23/h7H,3-6,8H2,1-2H3,(H,22,23). The summed E-state index contributed by atoms with van der Waals surface area (Å²) in [5, 5.41) is 12.9. The van der Waals surface area contributed by atoms with E-state index in [2.05, 4.69) is 5.10 Å². The Balaban J connectivity index is 2.48. The van der Waals surface area contributed by atoms with Crippen LogP contribution in [-0.4, -0.2) is 57.5 Å². The van der Waals surface area contributed by atoms with Crippen molar-refractivity contribution in [2.45, 2.75) is 38.0 Å². The topological polar surface area (TPSA) is 84.7 Å². The minimum atomic E-state index is -4.81. The first-order valence-corrected chi connectivity index (χ1v) is 7.36. The number of hydrogen-bond donors (Lipinski definition) is 1. The Morgan fingerprint density at radius 2 is 2.12 bits per heavy atom. The number of carboxylic acids is 1. The number of halogens is 3. The molecule has 10 heteroatoms. The summed E-state index contributed by atoms with van der Waals surface area (Å²) in [4.78, 5) is 25.3. The third-order valence-electron chi connectivity index (χ3n) is 4.10. The summed E-state index contributed by atoms with van der Waals surface area (Å²) >= 11 is 0. The molecular weight excluding hydrogens is 331 g/mol. The lowest BCUT2D eigenvalue weighted by molar-refractivity contribution is -0.151. The summed E-state index contributed by atoms with van der Waals surface area (Å²) in [6.07, 6.45) is -3.32. The van der Waals surface area contributed by atoms with Gasteiger partial charge in [0.15, 0.2) is 11.2 Å². The van der Waals surface area contributed by atoms with Crippen LogP contribution in [0.2, 0.25) is 0 Å². The number of ether oxygens (including phenoxy) is 1. The van der Waals surface area contributed by atoms with Gasteiger partial charge in [-0.3, -0.25) is 9.48 Å². The van der Waals surface area contributed by atoms with Crippen molar-refractivity contribution < 1.29 is 32.6 Å². The van der Waals surface area contributed by atoms with Crippen LogP contribution in [0.5, 0.6) is 0 Å². The van der Waals surface area contributed by atoms with E-state index in [0.29, 0.717) is 6.42 Å². The zero-order chi connectivity index (χ0) is 18.1. The van der Waals surface area contributed by atoms with Gasteiger partial charge in [0.05, 0.1) is 12.2 Å². The Morgan fingerprint density at radius 3 is 2.62 bits per heavy atom. The Labute approximate surface area is 136 Å². The molecule has 0 aliphatic carbocycles. The van der Waals surface area contributed by atoms with Gasteiger partial charge in [-0.05, 0) is 19.8 Å². The van der Waals surface area contributed by atoms with Gasteiger partial charge in [0.2, 0.25) is 0 Å². The SMILES string of the molecule is CCn1cc(C(=O)N2CCCC2(COC)C(=O)O)c(C(F)(F)F)n1. The van der Waals surface area contributed by atoms with Gasteiger partial charge in [0.25, 0.3) is 5.91 Å². The minimum Gasteiger partial charge on any atom is -0.479 e. The first-order valence-electron chi connectivity index (χ1n) is 7.36. The monoisotopic (exact) mass is 349 g/mol. The Hall–Kier alpha value is -2.10. The number of likely N-dealkylation sites (tertiary alicyclic amines) is 1. The molecule has 1 aliphatic heterocycles. The van der Waals surface area contributed by atoms with E-state index >= 15 is 0 Å². The number of carboxylic acid groups (broad SMARTS) is 1. The quantitative estimate of drug-likeness (QED) is 0.873. The summed E-state index contributed by atoms with van der Waals surface area (Å²) in [6, 6.07) is 0. The fourth-order valence-electron chi connectivity index (χ4n) is 2.94. The second kappa shape index (κ2) is 6.42. The lowest BCUT2D eigenvalue weighted by Gasteiger charge is -2.34. The number of hydrogen-bond acceptors (Lipinski definition) is 4. The van der Waals surface area contributed by atoms with Gasteiger partial charge in [-0.25, -0.2) is 4.79 Å². The van der Waals surface area contributed by atoms with Crippen molar-refractivity contribution in [2.75, 3.05) is 20.3 Å². The van der Waals surface area contributed by atoms with E-state index in [1.54, 1.807) is 6.92 Å². The Kier molecular flexibility index (Phi) is 4.88. The van der Waals surface area contributed by atoms with Crippen molar-refractivity contribution in [1.82, 2.24) is 14.7 Å². The number of aromatic nitrogens is 2. The summed E-state index contributed by atoms with van der Waals surface area (Å²) in [5.74, 6) is -2.30. The molecule has 1 aromatic rings. The zero-order valence-corrected chi connectivity index (χ0v) is 13.3. The van der Waals surface area contributed by atoms with Crippen LogP contribution in [0.1, 0.15) is 35.8 Å². The number of carbonyl (C=O) groups is 2. The maximum Gasteiger partial charge on any atom is 0.435 e. The van der Waals surface area contributed by atoms with Crippen LogP contribution < -0.4 is 0 Å². The van der Waals surface area contributed by atoms with Gasteiger partial charge in [-0.1, -0.05) is 0 Å². The molecule has 2 rings (SSSR count). The van der Waals surface area contributed by atoms with E-state index in [4.69, 9.17) is 4.74 Å². The van der Waals surface area contributed by atoms with Crippen LogP contribution in [0, 0.1) is 0 Å². The highest BCUT2D eigenvalue weighted by Crippen LogP contribution is 2.35. The summed E-state index contributed by atoms with van der Waals surface area (Å²) in [7, 11) is 1.28. The Bertz CT molecular complexity index is 644. The molecule has 0 spiro atoms. The number of amides is 1. The molecule has 1 saturated heterocycles. The first-order chi connectivity index (χ1) is 11.2. The highest BCUT2D eigenvalue weighted by molar-refractivity contribution is 5.99. The molecule has 134 valence electrons. The maximum absolute atomic E-state index is 13.2. The molecule has 2 heterocycles.